The van der Waals surface area contributed by atoms with E-state index in [-0.39, 0.29) is 29.0 Å². The first kappa shape index (κ1) is 33.4. The SMILES string of the molecule is CCCC1(C)c2cc3c(cc2N(c2ccccc2)C1(C)CC)B1c2oc4ccccc4c2N(c2ccccc2)C2=CC=CC(C)(C12)N3C1=CC=CCC1C. The average molecular weight is 708 g/mol. The van der Waals surface area contributed by atoms with Crippen molar-refractivity contribution in [3.8, 4) is 0 Å². The predicted octanol–water partition coefficient (Wildman–Crippen LogP) is 11.5. The highest BCUT2D eigenvalue weighted by molar-refractivity contribution is 6.90. The number of allylic oxidation sites excluding steroid dienone is 6. The lowest BCUT2D eigenvalue weighted by Gasteiger charge is -2.58. The first-order valence-electron chi connectivity index (χ1n) is 20.2. The molecule has 0 fully saturated rings. The minimum absolute atomic E-state index is 0.00342. The summed E-state index contributed by atoms with van der Waals surface area (Å²) in [6.45, 7) is 14.7. The number of para-hydroxylation sites is 3. The lowest BCUT2D eigenvalue weighted by Crippen LogP contribution is -2.68. The van der Waals surface area contributed by atoms with Crippen molar-refractivity contribution in [1.82, 2.24) is 0 Å². The second-order valence-electron chi connectivity index (χ2n) is 16.9. The van der Waals surface area contributed by atoms with E-state index in [0.29, 0.717) is 5.92 Å². The maximum absolute atomic E-state index is 7.20. The number of furan rings is 1. The number of hydrogen-bond acceptors (Lipinski definition) is 4. The maximum atomic E-state index is 7.20. The first-order valence-corrected chi connectivity index (χ1v) is 20.2. The van der Waals surface area contributed by atoms with Crippen LogP contribution in [0.3, 0.4) is 0 Å². The number of benzene rings is 4. The Bertz CT molecular complexity index is 2430. The Hall–Kier alpha value is -5.16. The Balaban J connectivity index is 1.34. The molecule has 0 saturated heterocycles. The highest BCUT2D eigenvalue weighted by Crippen LogP contribution is 2.61. The fraction of sp³-hybridized carbons (Fsp3) is 0.306. The van der Waals surface area contributed by atoms with Crippen LogP contribution in [-0.2, 0) is 5.41 Å². The van der Waals surface area contributed by atoms with Crippen LogP contribution in [0.15, 0.2) is 149 Å². The van der Waals surface area contributed by atoms with Gasteiger partial charge in [0.2, 0.25) is 0 Å². The van der Waals surface area contributed by atoms with Crippen LogP contribution in [0.1, 0.15) is 72.8 Å². The maximum Gasteiger partial charge on any atom is 0.272 e. The van der Waals surface area contributed by atoms with Crippen LogP contribution in [0.2, 0.25) is 5.82 Å². The molecule has 10 rings (SSSR count). The van der Waals surface area contributed by atoms with Gasteiger partial charge in [0.25, 0.3) is 6.71 Å². The van der Waals surface area contributed by atoms with Crippen molar-refractivity contribution in [3.05, 3.63) is 150 Å². The second-order valence-corrected chi connectivity index (χ2v) is 16.9. The highest BCUT2D eigenvalue weighted by Gasteiger charge is 2.62. The van der Waals surface area contributed by atoms with Gasteiger partial charge >= 0.3 is 0 Å². The van der Waals surface area contributed by atoms with Gasteiger partial charge < -0.3 is 19.1 Å². The Morgan fingerprint density at radius 2 is 1.48 bits per heavy atom. The van der Waals surface area contributed by atoms with E-state index in [4.69, 9.17) is 4.42 Å². The molecule has 5 heteroatoms. The van der Waals surface area contributed by atoms with Crippen molar-refractivity contribution in [2.45, 2.75) is 89.5 Å². The van der Waals surface area contributed by atoms with Crippen molar-refractivity contribution in [3.63, 3.8) is 0 Å². The molecule has 0 N–H and O–H groups in total. The molecule has 0 radical (unpaired) electrons. The summed E-state index contributed by atoms with van der Waals surface area (Å²) in [4.78, 5) is 7.98. The summed E-state index contributed by atoms with van der Waals surface area (Å²) >= 11 is 0. The van der Waals surface area contributed by atoms with Gasteiger partial charge in [-0.1, -0.05) is 107 Å². The van der Waals surface area contributed by atoms with Gasteiger partial charge in [0.1, 0.15) is 5.58 Å². The van der Waals surface area contributed by atoms with Crippen LogP contribution in [0, 0.1) is 5.92 Å². The lowest BCUT2D eigenvalue weighted by atomic mass is 9.28. The largest absolute Gasteiger partial charge is 0.469 e. The van der Waals surface area contributed by atoms with E-state index in [0.717, 1.165) is 48.0 Å². The second kappa shape index (κ2) is 11.9. The monoisotopic (exact) mass is 707 g/mol. The van der Waals surface area contributed by atoms with Gasteiger partial charge in [-0.05, 0) is 111 Å². The molecular formula is C49H50BN3O. The molecule has 4 nitrogen and oxygen atoms in total. The zero-order valence-electron chi connectivity index (χ0n) is 32.5. The quantitative estimate of drug-likeness (QED) is 0.164. The summed E-state index contributed by atoms with van der Waals surface area (Å²) < 4.78 is 7.20. The van der Waals surface area contributed by atoms with Crippen molar-refractivity contribution in [2.75, 3.05) is 14.7 Å². The van der Waals surface area contributed by atoms with E-state index in [1.807, 2.05) is 0 Å². The summed E-state index contributed by atoms with van der Waals surface area (Å²) in [5.41, 5.74) is 13.2. The number of rotatable bonds is 6. The van der Waals surface area contributed by atoms with Gasteiger partial charge in [-0.3, -0.25) is 0 Å². The van der Waals surface area contributed by atoms with E-state index in [1.165, 1.54) is 45.2 Å². The van der Waals surface area contributed by atoms with E-state index in [2.05, 4.69) is 190 Å². The van der Waals surface area contributed by atoms with Gasteiger partial charge in [0.05, 0.1) is 22.4 Å². The van der Waals surface area contributed by atoms with E-state index < -0.39 is 0 Å². The molecule has 3 aliphatic heterocycles. The van der Waals surface area contributed by atoms with Crippen molar-refractivity contribution in [2.24, 2.45) is 5.92 Å². The van der Waals surface area contributed by atoms with Crippen molar-refractivity contribution in [1.29, 1.82) is 0 Å². The Morgan fingerprint density at radius 3 is 2.20 bits per heavy atom. The molecule has 0 saturated carbocycles. The van der Waals surface area contributed by atoms with Crippen LogP contribution >= 0.6 is 0 Å². The standard InChI is InChI=1S/C49H50BN3O/c1-7-29-47(4)37-31-42-38(32-41(37)52(49(47,6)8-2)35-23-13-10-14-24-35)50-45-40(27-19-30-48(45,5)53(42)39-26-17-15-20-33(39)3)51(34-21-11-9-12-22-34)44-36-25-16-18-28-43(36)54-46(44)50/h9-19,21-28,30-33,45H,7-8,20,29H2,1-6H3. The van der Waals surface area contributed by atoms with Gasteiger partial charge in [-0.15, -0.1) is 0 Å². The third kappa shape index (κ3) is 4.27. The fourth-order valence-electron chi connectivity index (χ4n) is 11.4. The van der Waals surface area contributed by atoms with Crippen LogP contribution in [-0.4, -0.2) is 17.8 Å². The first-order chi connectivity index (χ1) is 26.2. The lowest BCUT2D eigenvalue weighted by molar-refractivity contribution is 0.251. The number of hydrogen-bond donors (Lipinski definition) is 0. The molecule has 1 aromatic heterocycles. The third-order valence-electron chi connectivity index (χ3n) is 14.2. The van der Waals surface area contributed by atoms with Gasteiger partial charge in [-0.2, -0.15) is 0 Å². The predicted molar refractivity (Wildman–Crippen MR) is 229 cm³/mol. The molecule has 0 bridgehead atoms. The van der Waals surface area contributed by atoms with Crippen LogP contribution in [0.5, 0.6) is 0 Å². The van der Waals surface area contributed by atoms with Gasteiger partial charge in [-0.25, -0.2) is 0 Å². The summed E-state index contributed by atoms with van der Waals surface area (Å²) in [5.74, 6) is 0.470. The molecule has 4 heterocycles. The summed E-state index contributed by atoms with van der Waals surface area (Å²) in [6.07, 6.45) is 18.5. The Morgan fingerprint density at radius 1 is 0.778 bits per heavy atom. The zero-order valence-corrected chi connectivity index (χ0v) is 32.5. The minimum Gasteiger partial charge on any atom is -0.469 e. The third-order valence-corrected chi connectivity index (χ3v) is 14.2. The van der Waals surface area contributed by atoms with E-state index in [9.17, 15) is 0 Å². The molecular weight excluding hydrogens is 657 g/mol. The summed E-state index contributed by atoms with van der Waals surface area (Å²) in [6, 6.07) is 36.0. The smallest absolute Gasteiger partial charge is 0.272 e. The average Bonchev–Trinajstić information content (AvgIpc) is 3.66. The van der Waals surface area contributed by atoms with Gasteiger partial charge in [0.15, 0.2) is 0 Å². The molecule has 5 atom stereocenters. The molecule has 54 heavy (non-hydrogen) atoms. The fourth-order valence-corrected chi connectivity index (χ4v) is 11.4. The molecule has 0 amide bonds. The molecule has 4 aromatic carbocycles. The number of fused-ring (bicyclic) bond motifs is 7. The van der Waals surface area contributed by atoms with E-state index >= 15 is 0 Å². The molecule has 5 unspecified atom stereocenters. The van der Waals surface area contributed by atoms with Crippen LogP contribution in [0.25, 0.3) is 11.0 Å². The molecule has 5 aliphatic rings. The number of anilines is 5. The van der Waals surface area contributed by atoms with Crippen LogP contribution < -0.4 is 25.8 Å². The highest BCUT2D eigenvalue weighted by atomic mass is 16.3. The molecule has 2 aliphatic carbocycles. The summed E-state index contributed by atoms with van der Waals surface area (Å²) in [5, 5.41) is 1.16. The molecule has 270 valence electrons. The Labute approximate surface area is 321 Å². The van der Waals surface area contributed by atoms with Crippen LogP contribution in [0.4, 0.5) is 28.4 Å². The Kier molecular flexibility index (Phi) is 7.38. The van der Waals surface area contributed by atoms with Crippen molar-refractivity contribution < 1.29 is 4.42 Å². The minimum atomic E-state index is -0.363. The zero-order chi connectivity index (χ0) is 37.0. The van der Waals surface area contributed by atoms with E-state index in [1.54, 1.807) is 0 Å². The van der Waals surface area contributed by atoms with Gasteiger partial charge in [0, 0.05) is 50.8 Å². The number of nitrogens with zero attached hydrogens (tertiary/aromatic N) is 3. The molecule has 0 spiro atoms. The molecule has 5 aromatic rings. The topological polar surface area (TPSA) is 22.9 Å². The van der Waals surface area contributed by atoms with Crippen molar-refractivity contribution >= 4 is 57.2 Å². The summed E-state index contributed by atoms with van der Waals surface area (Å²) in [7, 11) is 0. The normalized spacial score (nSPS) is 27.7.